The van der Waals surface area contributed by atoms with E-state index in [2.05, 4.69) is 19.2 Å². The topological polar surface area (TPSA) is 29.1 Å². The number of hydrogen-bond donors (Lipinski definition) is 1. The fraction of sp³-hybridized carbons (Fsp3) is 0.500. The second-order valence-electron chi connectivity index (χ2n) is 4.36. The van der Waals surface area contributed by atoms with Gasteiger partial charge >= 0.3 is 0 Å². The Morgan fingerprint density at radius 3 is 2.53 bits per heavy atom. The molecule has 0 saturated heterocycles. The van der Waals surface area contributed by atoms with Crippen molar-refractivity contribution in [3.8, 4) is 0 Å². The van der Waals surface area contributed by atoms with E-state index < -0.39 is 0 Å². The molecular weight excluding hydrogens is 217 g/mol. The third-order valence-electron chi connectivity index (χ3n) is 3.13. The smallest absolute Gasteiger partial charge is 0.251 e. The van der Waals surface area contributed by atoms with Crippen molar-refractivity contribution in [2.24, 2.45) is 5.92 Å². The van der Waals surface area contributed by atoms with Crippen LogP contribution in [0, 0.1) is 18.7 Å². The van der Waals surface area contributed by atoms with Gasteiger partial charge in [0.05, 0.1) is 0 Å². The van der Waals surface area contributed by atoms with Gasteiger partial charge in [0, 0.05) is 12.1 Å². The molecule has 1 aromatic rings. The van der Waals surface area contributed by atoms with Crippen LogP contribution in [0.25, 0.3) is 0 Å². The number of hydrogen-bond acceptors (Lipinski definition) is 1. The van der Waals surface area contributed by atoms with Gasteiger partial charge in [-0.25, -0.2) is 4.39 Å². The van der Waals surface area contributed by atoms with Crippen molar-refractivity contribution in [1.82, 2.24) is 5.32 Å². The Balaban J connectivity index is 2.61. The Kier molecular flexibility index (Phi) is 5.13. The van der Waals surface area contributed by atoms with Crippen LogP contribution in [0.4, 0.5) is 4.39 Å². The summed E-state index contributed by atoms with van der Waals surface area (Å²) in [6.45, 7) is 6.57. The van der Waals surface area contributed by atoms with Crippen molar-refractivity contribution < 1.29 is 9.18 Å². The van der Waals surface area contributed by atoms with Crippen molar-refractivity contribution in [1.29, 1.82) is 0 Å². The molecule has 1 N–H and O–H groups in total. The molecule has 0 aromatic heterocycles. The summed E-state index contributed by atoms with van der Waals surface area (Å²) in [7, 11) is 0. The average Bonchev–Trinajstić information content (AvgIpc) is 2.33. The minimum atomic E-state index is -0.276. The molecule has 0 aliphatic rings. The Morgan fingerprint density at radius 2 is 2.00 bits per heavy atom. The van der Waals surface area contributed by atoms with Gasteiger partial charge in [0.15, 0.2) is 0 Å². The van der Waals surface area contributed by atoms with Crippen molar-refractivity contribution in [3.63, 3.8) is 0 Å². The van der Waals surface area contributed by atoms with E-state index in [-0.39, 0.29) is 11.7 Å². The zero-order valence-electron chi connectivity index (χ0n) is 10.7. The van der Waals surface area contributed by atoms with Gasteiger partial charge in [0.2, 0.25) is 0 Å². The molecule has 0 radical (unpaired) electrons. The van der Waals surface area contributed by atoms with Crippen LogP contribution in [0.5, 0.6) is 0 Å². The van der Waals surface area contributed by atoms with Gasteiger partial charge in [-0.1, -0.05) is 26.7 Å². The lowest BCUT2D eigenvalue weighted by Crippen LogP contribution is -2.28. The first-order valence-corrected chi connectivity index (χ1v) is 6.12. The zero-order chi connectivity index (χ0) is 12.8. The summed E-state index contributed by atoms with van der Waals surface area (Å²) in [5, 5.41) is 2.89. The SMILES string of the molecule is CCC(CC)CNC(=O)c1ccc(F)c(C)c1. The molecule has 1 rings (SSSR count). The number of amides is 1. The second kappa shape index (κ2) is 6.38. The highest BCUT2D eigenvalue weighted by atomic mass is 19.1. The molecule has 0 saturated carbocycles. The molecule has 0 spiro atoms. The highest BCUT2D eigenvalue weighted by Gasteiger charge is 2.09. The first-order valence-electron chi connectivity index (χ1n) is 6.12. The van der Waals surface area contributed by atoms with Crippen LogP contribution in [-0.2, 0) is 0 Å². The first kappa shape index (κ1) is 13.7. The Bertz CT molecular complexity index is 386. The number of carbonyl (C=O) groups excluding carboxylic acids is 1. The predicted octanol–water partition coefficient (Wildman–Crippen LogP) is 3.30. The lowest BCUT2D eigenvalue weighted by atomic mass is 10.0. The van der Waals surface area contributed by atoms with Gasteiger partial charge in [-0.3, -0.25) is 4.79 Å². The van der Waals surface area contributed by atoms with Gasteiger partial charge in [-0.15, -0.1) is 0 Å². The summed E-state index contributed by atoms with van der Waals surface area (Å²) in [6, 6.07) is 4.43. The third kappa shape index (κ3) is 3.84. The van der Waals surface area contributed by atoms with E-state index in [1.165, 1.54) is 12.1 Å². The molecule has 0 aliphatic carbocycles. The molecule has 0 heterocycles. The molecule has 3 heteroatoms. The molecule has 94 valence electrons. The highest BCUT2D eigenvalue weighted by Crippen LogP contribution is 2.10. The van der Waals surface area contributed by atoms with Crippen LogP contribution >= 0.6 is 0 Å². The van der Waals surface area contributed by atoms with Crippen LogP contribution in [0.2, 0.25) is 0 Å². The van der Waals surface area contributed by atoms with Crippen LogP contribution in [0.1, 0.15) is 42.6 Å². The van der Waals surface area contributed by atoms with E-state index in [4.69, 9.17) is 0 Å². The van der Waals surface area contributed by atoms with E-state index in [0.717, 1.165) is 12.8 Å². The van der Waals surface area contributed by atoms with Crippen molar-refractivity contribution in [3.05, 3.63) is 35.1 Å². The standard InChI is InChI=1S/C14H20FNO/c1-4-11(5-2)9-16-14(17)12-6-7-13(15)10(3)8-12/h6-8,11H,4-5,9H2,1-3H3,(H,16,17). The Hall–Kier alpha value is -1.38. The average molecular weight is 237 g/mol. The number of carbonyl (C=O) groups is 1. The van der Waals surface area contributed by atoms with Crippen LogP contribution in [0.3, 0.4) is 0 Å². The molecule has 0 atom stereocenters. The predicted molar refractivity (Wildman–Crippen MR) is 67.5 cm³/mol. The molecule has 0 aliphatic heterocycles. The summed E-state index contributed by atoms with van der Waals surface area (Å²) in [5.74, 6) is 0.113. The van der Waals surface area contributed by atoms with Gasteiger partial charge in [-0.2, -0.15) is 0 Å². The van der Waals surface area contributed by atoms with Gasteiger partial charge in [0.1, 0.15) is 5.82 Å². The molecule has 0 unspecified atom stereocenters. The molecule has 0 bridgehead atoms. The minimum absolute atomic E-state index is 0.125. The summed E-state index contributed by atoms with van der Waals surface area (Å²) >= 11 is 0. The Morgan fingerprint density at radius 1 is 1.35 bits per heavy atom. The summed E-state index contributed by atoms with van der Waals surface area (Å²) in [5.41, 5.74) is 1.02. The summed E-state index contributed by atoms with van der Waals surface area (Å²) in [6.07, 6.45) is 2.11. The first-order chi connectivity index (χ1) is 8.08. The third-order valence-corrected chi connectivity index (χ3v) is 3.13. The highest BCUT2D eigenvalue weighted by molar-refractivity contribution is 5.94. The molecule has 0 fully saturated rings. The lowest BCUT2D eigenvalue weighted by molar-refractivity contribution is 0.0946. The lowest BCUT2D eigenvalue weighted by Gasteiger charge is -2.13. The normalized spacial score (nSPS) is 10.6. The largest absolute Gasteiger partial charge is 0.352 e. The maximum Gasteiger partial charge on any atom is 0.251 e. The van der Waals surface area contributed by atoms with E-state index in [9.17, 15) is 9.18 Å². The molecule has 1 aromatic carbocycles. The molecule has 1 amide bonds. The number of rotatable bonds is 5. The fourth-order valence-electron chi connectivity index (χ4n) is 1.70. The maximum absolute atomic E-state index is 13.1. The summed E-state index contributed by atoms with van der Waals surface area (Å²) in [4.78, 5) is 11.8. The quantitative estimate of drug-likeness (QED) is 0.836. The van der Waals surface area contributed by atoms with E-state index in [0.29, 0.717) is 23.6 Å². The molecule has 17 heavy (non-hydrogen) atoms. The van der Waals surface area contributed by atoms with E-state index in [1.807, 2.05) is 0 Å². The molecule has 2 nitrogen and oxygen atoms in total. The van der Waals surface area contributed by atoms with E-state index in [1.54, 1.807) is 13.0 Å². The number of aryl methyl sites for hydroxylation is 1. The van der Waals surface area contributed by atoms with Crippen LogP contribution < -0.4 is 5.32 Å². The minimum Gasteiger partial charge on any atom is -0.352 e. The maximum atomic E-state index is 13.1. The number of benzene rings is 1. The van der Waals surface area contributed by atoms with E-state index >= 15 is 0 Å². The van der Waals surface area contributed by atoms with Crippen molar-refractivity contribution in [2.45, 2.75) is 33.6 Å². The summed E-state index contributed by atoms with van der Waals surface area (Å²) < 4.78 is 13.1. The zero-order valence-corrected chi connectivity index (χ0v) is 10.7. The second-order valence-corrected chi connectivity index (χ2v) is 4.36. The van der Waals surface area contributed by atoms with Crippen molar-refractivity contribution in [2.75, 3.05) is 6.54 Å². The van der Waals surface area contributed by atoms with Gasteiger partial charge in [-0.05, 0) is 36.6 Å². The van der Waals surface area contributed by atoms with Crippen LogP contribution in [-0.4, -0.2) is 12.5 Å². The number of halogens is 1. The fourth-order valence-corrected chi connectivity index (χ4v) is 1.70. The van der Waals surface area contributed by atoms with Crippen molar-refractivity contribution >= 4 is 5.91 Å². The number of nitrogens with one attached hydrogen (secondary N) is 1. The van der Waals surface area contributed by atoms with Crippen LogP contribution in [0.15, 0.2) is 18.2 Å². The van der Waals surface area contributed by atoms with Gasteiger partial charge in [0.25, 0.3) is 5.91 Å². The molecular formula is C14H20FNO. The monoisotopic (exact) mass is 237 g/mol. The Labute approximate surface area is 102 Å². The van der Waals surface area contributed by atoms with Gasteiger partial charge < -0.3 is 5.32 Å².